The Morgan fingerprint density at radius 2 is 2.06 bits per heavy atom. The fraction of sp³-hybridized carbons (Fsp3) is 0.214. The summed E-state index contributed by atoms with van der Waals surface area (Å²) in [6.07, 6.45) is 1.74. The molecule has 1 aromatic carbocycles. The zero-order valence-corrected chi connectivity index (χ0v) is 11.9. The molecule has 2 N–H and O–H groups in total. The van der Waals surface area contributed by atoms with Crippen molar-refractivity contribution in [3.05, 3.63) is 52.1 Å². The van der Waals surface area contributed by atoms with E-state index in [0.717, 1.165) is 21.3 Å². The lowest BCUT2D eigenvalue weighted by molar-refractivity contribution is 0.458. The van der Waals surface area contributed by atoms with E-state index < -0.39 is 0 Å². The minimum atomic E-state index is -0.0130. The van der Waals surface area contributed by atoms with Gasteiger partial charge in [-0.1, -0.05) is 22.0 Å². The van der Waals surface area contributed by atoms with Crippen molar-refractivity contribution in [1.29, 1.82) is 0 Å². The van der Waals surface area contributed by atoms with E-state index in [-0.39, 0.29) is 6.04 Å². The van der Waals surface area contributed by atoms with Crippen LogP contribution in [0.3, 0.4) is 0 Å². The third-order valence-corrected chi connectivity index (χ3v) is 3.13. The van der Waals surface area contributed by atoms with Crippen molar-refractivity contribution in [2.75, 3.05) is 0 Å². The summed E-state index contributed by atoms with van der Waals surface area (Å²) in [5.41, 5.74) is 7.82. The standard InChI is InChI=1S/C14H15BrN2O/c1-9-7-12(15)4-5-13(9)18-14-6-3-11(8-17-14)10(2)16/h3-8,10H,16H2,1-2H3. The van der Waals surface area contributed by atoms with Crippen LogP contribution in [0.5, 0.6) is 11.6 Å². The highest BCUT2D eigenvalue weighted by atomic mass is 79.9. The van der Waals surface area contributed by atoms with Gasteiger partial charge in [-0.25, -0.2) is 4.98 Å². The van der Waals surface area contributed by atoms with Crippen molar-refractivity contribution in [1.82, 2.24) is 4.98 Å². The number of hydrogen-bond donors (Lipinski definition) is 1. The highest BCUT2D eigenvalue weighted by Crippen LogP contribution is 2.26. The smallest absolute Gasteiger partial charge is 0.219 e. The molecule has 0 aliphatic rings. The van der Waals surface area contributed by atoms with E-state index in [4.69, 9.17) is 10.5 Å². The van der Waals surface area contributed by atoms with Gasteiger partial charge in [0.2, 0.25) is 5.88 Å². The van der Waals surface area contributed by atoms with Crippen molar-refractivity contribution in [3.63, 3.8) is 0 Å². The number of aromatic nitrogens is 1. The summed E-state index contributed by atoms with van der Waals surface area (Å²) >= 11 is 3.42. The maximum atomic E-state index is 5.77. The van der Waals surface area contributed by atoms with Crippen molar-refractivity contribution < 1.29 is 4.74 Å². The quantitative estimate of drug-likeness (QED) is 0.933. The highest BCUT2D eigenvalue weighted by molar-refractivity contribution is 9.10. The first kappa shape index (κ1) is 13.1. The first-order chi connectivity index (χ1) is 8.56. The zero-order chi connectivity index (χ0) is 13.1. The monoisotopic (exact) mass is 306 g/mol. The topological polar surface area (TPSA) is 48.1 Å². The Hall–Kier alpha value is -1.39. The first-order valence-corrected chi connectivity index (χ1v) is 6.51. The molecule has 0 saturated heterocycles. The van der Waals surface area contributed by atoms with Gasteiger partial charge in [-0.05, 0) is 43.2 Å². The molecule has 18 heavy (non-hydrogen) atoms. The number of halogens is 1. The molecule has 0 aliphatic heterocycles. The second kappa shape index (κ2) is 5.50. The molecule has 0 amide bonds. The summed E-state index contributed by atoms with van der Waals surface area (Å²) in [5, 5.41) is 0. The van der Waals surface area contributed by atoms with E-state index in [9.17, 15) is 0 Å². The molecule has 94 valence electrons. The molecular weight excluding hydrogens is 292 g/mol. The molecule has 0 aliphatic carbocycles. The number of ether oxygens (including phenoxy) is 1. The van der Waals surface area contributed by atoms with Crippen LogP contribution in [0.2, 0.25) is 0 Å². The lowest BCUT2D eigenvalue weighted by atomic mass is 10.2. The van der Waals surface area contributed by atoms with Gasteiger partial charge in [0, 0.05) is 22.8 Å². The first-order valence-electron chi connectivity index (χ1n) is 5.72. The second-order valence-corrected chi connectivity index (χ2v) is 5.15. The number of nitrogens with zero attached hydrogens (tertiary/aromatic N) is 1. The van der Waals surface area contributed by atoms with Gasteiger partial charge in [-0.2, -0.15) is 0 Å². The van der Waals surface area contributed by atoms with Crippen LogP contribution in [0.1, 0.15) is 24.1 Å². The van der Waals surface area contributed by atoms with Gasteiger partial charge in [-0.15, -0.1) is 0 Å². The predicted octanol–water partition coefficient (Wildman–Crippen LogP) is 3.96. The molecule has 2 rings (SSSR count). The van der Waals surface area contributed by atoms with Gasteiger partial charge < -0.3 is 10.5 Å². The number of aryl methyl sites for hydroxylation is 1. The Bertz CT molecular complexity index is 538. The van der Waals surface area contributed by atoms with E-state index in [2.05, 4.69) is 20.9 Å². The Balaban J connectivity index is 2.18. The normalized spacial score (nSPS) is 12.2. The SMILES string of the molecule is Cc1cc(Br)ccc1Oc1ccc(C(C)N)cn1. The van der Waals surface area contributed by atoms with Gasteiger partial charge in [0.1, 0.15) is 5.75 Å². The molecule has 1 heterocycles. The van der Waals surface area contributed by atoms with E-state index in [1.54, 1.807) is 6.20 Å². The third kappa shape index (κ3) is 3.09. The van der Waals surface area contributed by atoms with Gasteiger partial charge in [0.05, 0.1) is 0 Å². The summed E-state index contributed by atoms with van der Waals surface area (Å²) in [4.78, 5) is 4.24. The molecule has 1 unspecified atom stereocenters. The summed E-state index contributed by atoms with van der Waals surface area (Å²) < 4.78 is 6.76. The van der Waals surface area contributed by atoms with Crippen LogP contribution < -0.4 is 10.5 Å². The fourth-order valence-electron chi connectivity index (χ4n) is 1.56. The highest BCUT2D eigenvalue weighted by Gasteiger charge is 2.04. The maximum absolute atomic E-state index is 5.77. The lowest BCUT2D eigenvalue weighted by Gasteiger charge is -2.09. The number of rotatable bonds is 3. The average Bonchev–Trinajstić information content (AvgIpc) is 2.33. The van der Waals surface area contributed by atoms with Crippen LogP contribution in [0.25, 0.3) is 0 Å². The maximum Gasteiger partial charge on any atom is 0.219 e. The Morgan fingerprint density at radius 3 is 2.61 bits per heavy atom. The lowest BCUT2D eigenvalue weighted by Crippen LogP contribution is -2.05. The molecule has 1 atom stereocenters. The van der Waals surface area contributed by atoms with Crippen molar-refractivity contribution in [3.8, 4) is 11.6 Å². The summed E-state index contributed by atoms with van der Waals surface area (Å²) in [6, 6.07) is 9.62. The number of benzene rings is 1. The predicted molar refractivity (Wildman–Crippen MR) is 75.8 cm³/mol. The van der Waals surface area contributed by atoms with Gasteiger partial charge in [-0.3, -0.25) is 0 Å². The molecule has 0 saturated carbocycles. The van der Waals surface area contributed by atoms with Gasteiger partial charge in [0.25, 0.3) is 0 Å². The number of hydrogen-bond acceptors (Lipinski definition) is 3. The van der Waals surface area contributed by atoms with Crippen LogP contribution in [0.15, 0.2) is 41.0 Å². The zero-order valence-electron chi connectivity index (χ0n) is 10.4. The van der Waals surface area contributed by atoms with Crippen LogP contribution in [-0.2, 0) is 0 Å². The number of pyridine rings is 1. The average molecular weight is 307 g/mol. The Kier molecular flexibility index (Phi) is 3.99. The second-order valence-electron chi connectivity index (χ2n) is 4.23. The molecule has 0 radical (unpaired) electrons. The summed E-state index contributed by atoms with van der Waals surface area (Å²) in [7, 11) is 0. The summed E-state index contributed by atoms with van der Waals surface area (Å²) in [5.74, 6) is 1.38. The molecule has 0 fully saturated rings. The van der Waals surface area contributed by atoms with Crippen molar-refractivity contribution >= 4 is 15.9 Å². The molecule has 0 spiro atoms. The Labute approximate surface area is 115 Å². The fourth-order valence-corrected chi connectivity index (χ4v) is 2.04. The van der Waals surface area contributed by atoms with E-state index in [0.29, 0.717) is 5.88 Å². The largest absolute Gasteiger partial charge is 0.439 e. The molecular formula is C14H15BrN2O. The molecule has 4 heteroatoms. The minimum Gasteiger partial charge on any atom is -0.439 e. The molecule has 3 nitrogen and oxygen atoms in total. The van der Waals surface area contributed by atoms with Crippen LogP contribution >= 0.6 is 15.9 Å². The van der Waals surface area contributed by atoms with E-state index >= 15 is 0 Å². The minimum absolute atomic E-state index is 0.0130. The van der Waals surface area contributed by atoms with Crippen LogP contribution in [0.4, 0.5) is 0 Å². The Morgan fingerprint density at radius 1 is 1.28 bits per heavy atom. The third-order valence-electron chi connectivity index (χ3n) is 2.64. The summed E-state index contributed by atoms with van der Waals surface area (Å²) in [6.45, 7) is 3.92. The van der Waals surface area contributed by atoms with Crippen molar-refractivity contribution in [2.24, 2.45) is 5.73 Å². The molecule has 2 aromatic rings. The molecule has 0 bridgehead atoms. The van der Waals surface area contributed by atoms with Gasteiger partial charge in [0.15, 0.2) is 0 Å². The molecule has 1 aromatic heterocycles. The number of nitrogens with two attached hydrogens (primary N) is 1. The van der Waals surface area contributed by atoms with Crippen LogP contribution in [0, 0.1) is 6.92 Å². The van der Waals surface area contributed by atoms with Crippen LogP contribution in [-0.4, -0.2) is 4.98 Å². The van der Waals surface area contributed by atoms with Crippen molar-refractivity contribution in [2.45, 2.75) is 19.9 Å². The van der Waals surface area contributed by atoms with E-state index in [1.165, 1.54) is 0 Å². The van der Waals surface area contributed by atoms with Gasteiger partial charge >= 0.3 is 0 Å². The van der Waals surface area contributed by atoms with E-state index in [1.807, 2.05) is 44.2 Å².